The average molecular weight is 432 g/mol. The first kappa shape index (κ1) is 26.2. The van der Waals surface area contributed by atoms with Gasteiger partial charge in [-0.1, -0.05) is 38.1 Å². The van der Waals surface area contributed by atoms with Crippen molar-refractivity contribution in [2.24, 2.45) is 17.4 Å². The lowest BCUT2D eigenvalue weighted by atomic mass is 10.0. The van der Waals surface area contributed by atoms with Crippen LogP contribution in [0.2, 0.25) is 0 Å². The van der Waals surface area contributed by atoms with Gasteiger partial charge in [-0.3, -0.25) is 15.0 Å². The Bertz CT molecular complexity index is 667. The molecule has 9 heteroatoms. The normalized spacial score (nSPS) is 16.7. The minimum Gasteiger partial charge on any atom is -0.384 e. The molecular formula is C19H31Cl2N5O2. The standard InChI is InChI=1S/C19H29N5O2.2ClH/c1-12(2)10-15(20)19(26)24-9-3-4-16(24)18(25)23-11-13-5-7-14(8-6-13)17(21)22;;/h5-8,12,15-16H,3-4,9-11,20H2,1-2H3,(H3,21,22)(H,23,25);2*1H/t15-,16+;;/m1../s1. The molecule has 0 aromatic heterocycles. The summed E-state index contributed by atoms with van der Waals surface area (Å²) in [6.07, 6.45) is 2.09. The molecule has 158 valence electrons. The minimum absolute atomic E-state index is 0. The number of nitrogens with one attached hydrogen (secondary N) is 2. The van der Waals surface area contributed by atoms with E-state index in [1.807, 2.05) is 26.0 Å². The lowest BCUT2D eigenvalue weighted by Crippen LogP contribution is -2.51. The molecule has 1 fully saturated rings. The second kappa shape index (κ2) is 11.9. The number of nitrogens with zero attached hydrogens (tertiary/aromatic N) is 1. The van der Waals surface area contributed by atoms with Crippen LogP contribution in [0.5, 0.6) is 0 Å². The van der Waals surface area contributed by atoms with E-state index in [0.717, 1.165) is 12.0 Å². The summed E-state index contributed by atoms with van der Waals surface area (Å²) in [4.78, 5) is 26.7. The number of rotatable bonds is 7. The zero-order valence-corrected chi connectivity index (χ0v) is 17.9. The van der Waals surface area contributed by atoms with Crippen LogP contribution in [0.1, 0.15) is 44.2 Å². The van der Waals surface area contributed by atoms with Crippen molar-refractivity contribution in [3.8, 4) is 0 Å². The van der Waals surface area contributed by atoms with E-state index in [1.165, 1.54) is 0 Å². The number of benzene rings is 1. The number of carbonyl (C=O) groups excluding carboxylic acids is 2. The third-order valence-electron chi connectivity index (χ3n) is 4.61. The van der Waals surface area contributed by atoms with Crippen LogP contribution in [-0.4, -0.2) is 41.2 Å². The topological polar surface area (TPSA) is 125 Å². The van der Waals surface area contributed by atoms with E-state index in [1.54, 1.807) is 17.0 Å². The van der Waals surface area contributed by atoms with Gasteiger partial charge in [0.2, 0.25) is 11.8 Å². The fourth-order valence-electron chi connectivity index (χ4n) is 3.23. The Kier molecular flexibility index (Phi) is 11.1. The largest absolute Gasteiger partial charge is 0.384 e. The highest BCUT2D eigenvalue weighted by Crippen LogP contribution is 2.20. The first-order valence-electron chi connectivity index (χ1n) is 9.06. The zero-order valence-electron chi connectivity index (χ0n) is 16.3. The molecule has 1 aromatic carbocycles. The van der Waals surface area contributed by atoms with Gasteiger partial charge in [-0.25, -0.2) is 0 Å². The quantitative estimate of drug-likeness (QED) is 0.387. The number of nitrogens with two attached hydrogens (primary N) is 2. The third kappa shape index (κ3) is 6.96. The van der Waals surface area contributed by atoms with Crippen LogP contribution in [0.25, 0.3) is 0 Å². The molecule has 2 rings (SSSR count). The van der Waals surface area contributed by atoms with Crippen molar-refractivity contribution in [2.45, 2.75) is 51.7 Å². The van der Waals surface area contributed by atoms with Gasteiger partial charge in [0.1, 0.15) is 11.9 Å². The predicted molar refractivity (Wildman–Crippen MR) is 116 cm³/mol. The zero-order chi connectivity index (χ0) is 19.3. The Hall–Kier alpha value is -1.83. The van der Waals surface area contributed by atoms with Gasteiger partial charge in [0, 0.05) is 18.7 Å². The maximum Gasteiger partial charge on any atom is 0.243 e. The van der Waals surface area contributed by atoms with Crippen molar-refractivity contribution in [2.75, 3.05) is 6.54 Å². The molecule has 7 nitrogen and oxygen atoms in total. The van der Waals surface area contributed by atoms with Crippen LogP contribution >= 0.6 is 24.8 Å². The van der Waals surface area contributed by atoms with Crippen molar-refractivity contribution >= 4 is 42.5 Å². The van der Waals surface area contributed by atoms with Gasteiger partial charge < -0.3 is 21.7 Å². The van der Waals surface area contributed by atoms with Gasteiger partial charge in [-0.05, 0) is 30.7 Å². The Morgan fingerprint density at radius 3 is 2.39 bits per heavy atom. The number of nitrogen functional groups attached to an aromatic ring is 1. The summed E-state index contributed by atoms with van der Waals surface area (Å²) in [5.41, 5.74) is 13.0. The molecule has 0 spiro atoms. The molecule has 1 saturated heterocycles. The van der Waals surface area contributed by atoms with Crippen molar-refractivity contribution < 1.29 is 9.59 Å². The van der Waals surface area contributed by atoms with Gasteiger partial charge in [-0.15, -0.1) is 24.8 Å². The van der Waals surface area contributed by atoms with Gasteiger partial charge in [0.15, 0.2) is 0 Å². The maximum absolute atomic E-state index is 12.6. The highest BCUT2D eigenvalue weighted by atomic mass is 35.5. The Balaban J connectivity index is 0.00000364. The summed E-state index contributed by atoms with van der Waals surface area (Å²) in [6, 6.07) is 6.15. The number of halogens is 2. The van der Waals surface area contributed by atoms with Crippen molar-refractivity contribution in [3.05, 3.63) is 35.4 Å². The smallest absolute Gasteiger partial charge is 0.243 e. The lowest BCUT2D eigenvalue weighted by Gasteiger charge is -2.27. The highest BCUT2D eigenvalue weighted by molar-refractivity contribution is 5.95. The maximum atomic E-state index is 12.6. The molecule has 2 atom stereocenters. The number of hydrogen-bond acceptors (Lipinski definition) is 4. The monoisotopic (exact) mass is 431 g/mol. The summed E-state index contributed by atoms with van der Waals surface area (Å²) >= 11 is 0. The van der Waals surface area contributed by atoms with Crippen molar-refractivity contribution in [3.63, 3.8) is 0 Å². The average Bonchev–Trinajstić information content (AvgIpc) is 3.08. The van der Waals surface area contributed by atoms with E-state index in [-0.39, 0.29) is 42.5 Å². The molecule has 0 aliphatic carbocycles. The van der Waals surface area contributed by atoms with E-state index in [9.17, 15) is 9.59 Å². The minimum atomic E-state index is -0.553. The van der Waals surface area contributed by atoms with Gasteiger partial charge >= 0.3 is 0 Å². The molecule has 1 heterocycles. The summed E-state index contributed by atoms with van der Waals surface area (Å²) in [5, 5.41) is 10.3. The highest BCUT2D eigenvalue weighted by Gasteiger charge is 2.36. The summed E-state index contributed by atoms with van der Waals surface area (Å²) in [7, 11) is 0. The van der Waals surface area contributed by atoms with Gasteiger partial charge in [0.25, 0.3) is 0 Å². The van der Waals surface area contributed by atoms with Crippen LogP contribution < -0.4 is 16.8 Å². The van der Waals surface area contributed by atoms with E-state index in [0.29, 0.717) is 37.4 Å². The molecule has 1 aromatic rings. The first-order chi connectivity index (χ1) is 12.3. The van der Waals surface area contributed by atoms with Crippen LogP contribution in [0.4, 0.5) is 0 Å². The van der Waals surface area contributed by atoms with E-state index >= 15 is 0 Å². The first-order valence-corrected chi connectivity index (χ1v) is 9.06. The van der Waals surface area contributed by atoms with Gasteiger partial charge in [0.05, 0.1) is 6.04 Å². The second-order valence-corrected chi connectivity index (χ2v) is 7.25. The molecular weight excluding hydrogens is 401 g/mol. The SMILES string of the molecule is CC(C)C[C@@H](N)C(=O)N1CCC[C@H]1C(=O)NCc1ccc(C(=N)N)cc1.Cl.Cl. The lowest BCUT2D eigenvalue weighted by molar-refractivity contribution is -0.139. The van der Waals surface area contributed by atoms with Gasteiger partial charge in [-0.2, -0.15) is 0 Å². The fourth-order valence-corrected chi connectivity index (χ4v) is 3.23. The van der Waals surface area contributed by atoms with E-state index in [2.05, 4.69) is 5.32 Å². The number of amides is 2. The number of likely N-dealkylation sites (tertiary alicyclic amines) is 1. The van der Waals surface area contributed by atoms with E-state index < -0.39 is 12.1 Å². The second-order valence-electron chi connectivity index (χ2n) is 7.25. The molecule has 0 bridgehead atoms. The van der Waals surface area contributed by atoms with E-state index in [4.69, 9.17) is 16.9 Å². The number of carbonyl (C=O) groups is 2. The molecule has 1 aliphatic heterocycles. The molecule has 2 amide bonds. The Morgan fingerprint density at radius 2 is 1.86 bits per heavy atom. The number of hydrogen-bond donors (Lipinski definition) is 4. The molecule has 6 N–H and O–H groups in total. The number of amidine groups is 1. The van der Waals surface area contributed by atoms with Crippen LogP contribution in [0.15, 0.2) is 24.3 Å². The Morgan fingerprint density at radius 1 is 1.25 bits per heavy atom. The summed E-state index contributed by atoms with van der Waals surface area (Å²) in [6.45, 7) is 5.00. The predicted octanol–water partition coefficient (Wildman–Crippen LogP) is 1.79. The Labute approximate surface area is 178 Å². The van der Waals surface area contributed by atoms with Crippen molar-refractivity contribution in [1.29, 1.82) is 5.41 Å². The summed E-state index contributed by atoms with van der Waals surface area (Å²) in [5.74, 6) is 0.0608. The fraction of sp³-hybridized carbons (Fsp3) is 0.526. The molecule has 0 unspecified atom stereocenters. The van der Waals surface area contributed by atoms with Crippen LogP contribution in [-0.2, 0) is 16.1 Å². The third-order valence-corrected chi connectivity index (χ3v) is 4.61. The molecule has 28 heavy (non-hydrogen) atoms. The summed E-state index contributed by atoms with van der Waals surface area (Å²) < 4.78 is 0. The van der Waals surface area contributed by atoms with Crippen molar-refractivity contribution in [1.82, 2.24) is 10.2 Å². The van der Waals surface area contributed by atoms with Crippen LogP contribution in [0.3, 0.4) is 0 Å². The molecule has 1 aliphatic rings. The molecule has 0 radical (unpaired) electrons. The van der Waals surface area contributed by atoms with Crippen LogP contribution in [0, 0.1) is 11.3 Å². The molecule has 0 saturated carbocycles.